The number of likely N-dealkylation sites (N-methyl/N-ethyl adjacent to an activating group) is 1. The van der Waals surface area contributed by atoms with Gasteiger partial charge in [-0.1, -0.05) is 78.9 Å². The maximum absolute atomic E-state index is 14.4. The van der Waals surface area contributed by atoms with Crippen molar-refractivity contribution in [2.75, 3.05) is 38.1 Å². The molecule has 7 rings (SSSR count). The number of pyridine rings is 2. The number of sulfonamides is 1. The van der Waals surface area contributed by atoms with E-state index < -0.39 is 26.2 Å². The topological polar surface area (TPSA) is 130 Å². The number of fused-ring (bicyclic) bond motifs is 2. The number of aryl methyl sites for hydroxylation is 1. The van der Waals surface area contributed by atoms with Gasteiger partial charge in [0.15, 0.2) is 5.03 Å². The third-order valence-electron chi connectivity index (χ3n) is 9.46. The van der Waals surface area contributed by atoms with Crippen molar-refractivity contribution < 1.29 is 25.8 Å². The maximum atomic E-state index is 14.4. The summed E-state index contributed by atoms with van der Waals surface area (Å²) in [7, 11) is -7.13. The Morgan fingerprint density at radius 3 is 1.92 bits per heavy atom. The van der Waals surface area contributed by atoms with Crippen LogP contribution in [-0.4, -0.2) is 81.2 Å². The van der Waals surface area contributed by atoms with Crippen molar-refractivity contribution >= 4 is 53.3 Å². The Kier molecular flexibility index (Phi) is 9.66. The molecule has 0 N–H and O–H groups in total. The molecule has 0 spiro atoms. The minimum Gasteiger partial charge on any atom is -0.378 e. The highest BCUT2D eigenvalue weighted by Crippen LogP contribution is 2.28. The number of benzene rings is 4. The fourth-order valence-electron chi connectivity index (χ4n) is 6.63. The zero-order chi connectivity index (χ0) is 36.5. The third kappa shape index (κ3) is 6.94. The lowest BCUT2D eigenvalue weighted by Crippen LogP contribution is -2.56. The summed E-state index contributed by atoms with van der Waals surface area (Å²) in [4.78, 5) is 26.7. The molecule has 13 heteroatoms. The van der Waals surface area contributed by atoms with E-state index in [1.54, 1.807) is 59.5 Å². The van der Waals surface area contributed by atoms with Gasteiger partial charge in [-0.15, -0.1) is 0 Å². The molecule has 6 aromatic rings. The van der Waals surface area contributed by atoms with Gasteiger partial charge in [0.05, 0.1) is 0 Å². The Morgan fingerprint density at radius 2 is 1.29 bits per heavy atom. The molecule has 1 amide bonds. The number of hydrogen-bond donors (Lipinski definition) is 0. The van der Waals surface area contributed by atoms with E-state index in [-0.39, 0.29) is 28.1 Å². The van der Waals surface area contributed by atoms with E-state index in [0.29, 0.717) is 53.3 Å². The van der Waals surface area contributed by atoms with Crippen LogP contribution in [0.25, 0.3) is 21.5 Å². The van der Waals surface area contributed by atoms with Gasteiger partial charge in [0.25, 0.3) is 10.0 Å². The van der Waals surface area contributed by atoms with Crippen LogP contribution in [0.15, 0.2) is 132 Å². The largest absolute Gasteiger partial charge is 0.378 e. The van der Waals surface area contributed by atoms with Gasteiger partial charge in [0.2, 0.25) is 10.9 Å². The fourth-order valence-corrected chi connectivity index (χ4v) is 9.15. The summed E-state index contributed by atoms with van der Waals surface area (Å²) in [5, 5.41) is 1.98. The number of aromatic nitrogens is 2. The Labute approximate surface area is 303 Å². The molecule has 1 saturated heterocycles. The number of carbonyl (C=O) groups excluding carboxylic acids is 1. The molecule has 266 valence electrons. The molecule has 2 aromatic heterocycles. The van der Waals surface area contributed by atoms with Crippen molar-refractivity contribution in [2.45, 2.75) is 29.4 Å². The van der Waals surface area contributed by atoms with E-state index in [1.165, 1.54) is 31.6 Å². The summed E-state index contributed by atoms with van der Waals surface area (Å²) in [6, 6.07) is 30.8. The average Bonchev–Trinajstić information content (AvgIpc) is 3.16. The summed E-state index contributed by atoms with van der Waals surface area (Å²) in [6.07, 6.45) is 2.89. The first kappa shape index (κ1) is 35.1. The monoisotopic (exact) mass is 735 g/mol. The Balaban J connectivity index is 1.16. The van der Waals surface area contributed by atoms with Gasteiger partial charge in [-0.3, -0.25) is 4.79 Å². The van der Waals surface area contributed by atoms with Crippen LogP contribution in [0.1, 0.15) is 11.1 Å². The van der Waals surface area contributed by atoms with Gasteiger partial charge in [0.1, 0.15) is 11.8 Å². The summed E-state index contributed by atoms with van der Waals surface area (Å²) in [6.45, 7) is 4.07. The lowest BCUT2D eigenvalue weighted by Gasteiger charge is -2.39. The smallest absolute Gasteiger partial charge is 0.357 e. The first-order valence-electron chi connectivity index (χ1n) is 16.8. The number of para-hydroxylation sites is 1. The number of piperazine rings is 1. The lowest BCUT2D eigenvalue weighted by molar-refractivity contribution is -0.135. The molecule has 4 aromatic carbocycles. The summed E-state index contributed by atoms with van der Waals surface area (Å²) in [5.74, 6) is -0.282. The van der Waals surface area contributed by atoms with E-state index in [1.807, 2.05) is 30.3 Å². The van der Waals surface area contributed by atoms with Crippen LogP contribution in [-0.2, 0) is 31.4 Å². The third-order valence-corrected chi connectivity index (χ3v) is 12.5. The molecule has 0 saturated carbocycles. The first-order chi connectivity index (χ1) is 25.0. The Hall–Kier alpha value is -5.37. The number of amides is 1. The van der Waals surface area contributed by atoms with Gasteiger partial charge in [-0.2, -0.15) is 12.7 Å². The average molecular weight is 736 g/mol. The quantitative estimate of drug-likeness (QED) is 0.169. The van der Waals surface area contributed by atoms with E-state index in [4.69, 9.17) is 4.18 Å². The van der Waals surface area contributed by atoms with E-state index in [9.17, 15) is 21.6 Å². The van der Waals surface area contributed by atoms with Gasteiger partial charge in [-0.05, 0) is 65.6 Å². The fraction of sp³-hybridized carbons (Fsp3) is 0.205. The van der Waals surface area contributed by atoms with Crippen molar-refractivity contribution in [3.63, 3.8) is 0 Å². The van der Waals surface area contributed by atoms with Crippen LogP contribution in [0.2, 0.25) is 0 Å². The second kappa shape index (κ2) is 14.3. The van der Waals surface area contributed by atoms with Gasteiger partial charge in [-0.25, -0.2) is 18.4 Å². The minimum absolute atomic E-state index is 0.0231. The highest BCUT2D eigenvalue weighted by molar-refractivity contribution is 7.89. The molecule has 11 nitrogen and oxygen atoms in total. The van der Waals surface area contributed by atoms with Gasteiger partial charge < -0.3 is 14.0 Å². The molecule has 0 bridgehead atoms. The van der Waals surface area contributed by atoms with Crippen LogP contribution in [0.4, 0.5) is 5.69 Å². The predicted octanol–water partition coefficient (Wildman–Crippen LogP) is 5.44. The van der Waals surface area contributed by atoms with Crippen molar-refractivity contribution in [1.82, 2.24) is 19.2 Å². The van der Waals surface area contributed by atoms with E-state index in [2.05, 4.69) is 33.9 Å². The highest BCUT2D eigenvalue weighted by atomic mass is 32.2. The molecule has 1 fully saturated rings. The number of anilines is 1. The van der Waals surface area contributed by atoms with Crippen LogP contribution in [0, 0.1) is 6.92 Å². The summed E-state index contributed by atoms with van der Waals surface area (Å²) < 4.78 is 61.7. The summed E-state index contributed by atoms with van der Waals surface area (Å²) >= 11 is 0. The standard InChI is InChI=1S/C39H37N5O6S2/c1-28-9-3-8-14-35(28)43-23-25-44(26-24-43)39(45)36(42(2)51(46,47)37-33-12-6-4-10-30(33)19-21-40-37)27-29-15-17-32(18-16-29)50-52(48,49)38-34-13-7-5-11-31(34)20-22-41-38/h3-22,36H,23-27H2,1-2H3. The molecule has 0 radical (unpaired) electrons. The maximum Gasteiger partial charge on any atom is 0.357 e. The zero-order valence-corrected chi connectivity index (χ0v) is 30.3. The first-order valence-corrected chi connectivity index (χ1v) is 19.7. The minimum atomic E-state index is -4.28. The summed E-state index contributed by atoms with van der Waals surface area (Å²) in [5.41, 5.74) is 2.86. The van der Waals surface area contributed by atoms with Gasteiger partial charge in [0, 0.05) is 62.1 Å². The normalized spacial score (nSPS) is 14.5. The zero-order valence-electron chi connectivity index (χ0n) is 28.7. The van der Waals surface area contributed by atoms with Crippen molar-refractivity contribution in [3.05, 3.63) is 133 Å². The molecule has 1 unspecified atom stereocenters. The predicted molar refractivity (Wildman–Crippen MR) is 200 cm³/mol. The number of nitrogens with zero attached hydrogens (tertiary/aromatic N) is 5. The van der Waals surface area contributed by atoms with Crippen LogP contribution < -0.4 is 9.08 Å². The molecular weight excluding hydrogens is 699 g/mol. The second-order valence-corrected chi connectivity index (χ2v) is 16.1. The van der Waals surface area contributed by atoms with Crippen LogP contribution in [0.5, 0.6) is 5.75 Å². The Bertz CT molecular complexity index is 2480. The molecular formula is C39H37N5O6S2. The Morgan fingerprint density at radius 1 is 0.731 bits per heavy atom. The highest BCUT2D eigenvalue weighted by Gasteiger charge is 2.38. The molecule has 1 aliphatic heterocycles. The number of carbonyl (C=O) groups is 1. The number of hydrogen-bond acceptors (Lipinski definition) is 9. The van der Waals surface area contributed by atoms with Crippen molar-refractivity contribution in [1.29, 1.82) is 0 Å². The molecule has 3 heterocycles. The number of rotatable bonds is 10. The molecule has 1 aliphatic rings. The molecule has 52 heavy (non-hydrogen) atoms. The van der Waals surface area contributed by atoms with Crippen molar-refractivity contribution in [3.8, 4) is 5.75 Å². The van der Waals surface area contributed by atoms with Crippen LogP contribution >= 0.6 is 0 Å². The van der Waals surface area contributed by atoms with Gasteiger partial charge >= 0.3 is 10.1 Å². The lowest BCUT2D eigenvalue weighted by atomic mass is 10.0. The SMILES string of the molecule is Cc1ccccc1N1CCN(C(=O)C(Cc2ccc(OS(=O)(=O)c3nccc4ccccc34)cc2)N(C)S(=O)(=O)c2nccc3ccccc23)CC1. The van der Waals surface area contributed by atoms with Crippen molar-refractivity contribution in [2.24, 2.45) is 0 Å². The van der Waals surface area contributed by atoms with E-state index in [0.717, 1.165) is 15.6 Å². The second-order valence-electron chi connectivity index (χ2n) is 12.7. The molecule has 1 atom stereocenters. The van der Waals surface area contributed by atoms with E-state index >= 15 is 0 Å². The van der Waals surface area contributed by atoms with Crippen LogP contribution in [0.3, 0.4) is 0 Å². The molecule has 0 aliphatic carbocycles.